The van der Waals surface area contributed by atoms with Gasteiger partial charge in [0, 0.05) is 18.0 Å². The van der Waals surface area contributed by atoms with E-state index in [9.17, 15) is 4.79 Å². The van der Waals surface area contributed by atoms with Crippen LogP contribution in [0.25, 0.3) is 0 Å². The van der Waals surface area contributed by atoms with Crippen molar-refractivity contribution in [2.45, 2.75) is 6.42 Å². The average molecular weight is 394 g/mol. The molecule has 0 radical (unpaired) electrons. The van der Waals surface area contributed by atoms with Crippen molar-refractivity contribution in [1.82, 2.24) is 4.90 Å². The van der Waals surface area contributed by atoms with E-state index < -0.39 is 0 Å². The van der Waals surface area contributed by atoms with Crippen LogP contribution in [0.4, 0.5) is 0 Å². The van der Waals surface area contributed by atoms with Gasteiger partial charge in [-0.05, 0) is 38.2 Å². The first-order valence-electron chi connectivity index (χ1n) is 8.53. The zero-order valence-electron chi connectivity index (χ0n) is 16.5. The zero-order chi connectivity index (χ0) is 19.1. The van der Waals surface area contributed by atoms with Crippen LogP contribution in [-0.4, -0.2) is 52.7 Å². The minimum Gasteiger partial charge on any atom is -0.493 e. The third kappa shape index (κ3) is 5.88. The number of methoxy groups -OCH3 is 3. The van der Waals surface area contributed by atoms with E-state index in [0.29, 0.717) is 35.8 Å². The lowest BCUT2D eigenvalue weighted by Gasteiger charge is -2.21. The molecule has 27 heavy (non-hydrogen) atoms. The number of halogens is 1. The number of nitrogens with zero attached hydrogens (tertiary/aromatic N) is 1. The first-order valence-corrected chi connectivity index (χ1v) is 8.53. The summed E-state index contributed by atoms with van der Waals surface area (Å²) in [5, 5.41) is 0. The molecule has 0 aliphatic carbocycles. The summed E-state index contributed by atoms with van der Waals surface area (Å²) in [6.07, 6.45) is 0.675. The van der Waals surface area contributed by atoms with Gasteiger partial charge in [0.2, 0.25) is 5.75 Å². The second kappa shape index (κ2) is 10.8. The van der Waals surface area contributed by atoms with Gasteiger partial charge in [-0.2, -0.15) is 0 Å². The molecule has 0 fully saturated rings. The van der Waals surface area contributed by atoms with Gasteiger partial charge in [-0.3, -0.25) is 4.79 Å². The van der Waals surface area contributed by atoms with Gasteiger partial charge in [-0.15, -0.1) is 12.4 Å². The standard InChI is InChI=1S/C21H27NO4.ClH/c1-22(2)14-17(11-15-9-7-6-8-10-15)20(23)16-12-18(24-3)21(26-5)19(13-16)25-4;/h6-10,12-13,17H,11,14H2,1-5H3;1H/t17-;/m0./s1. The highest BCUT2D eigenvalue weighted by atomic mass is 35.5. The first-order chi connectivity index (χ1) is 12.5. The fourth-order valence-corrected chi connectivity index (χ4v) is 3.04. The fraction of sp³-hybridized carbons (Fsp3) is 0.381. The molecule has 148 valence electrons. The number of carbonyl (C=O) groups excluding carboxylic acids is 1. The normalized spacial score (nSPS) is 11.5. The van der Waals surface area contributed by atoms with Gasteiger partial charge < -0.3 is 19.1 Å². The van der Waals surface area contributed by atoms with Crippen LogP contribution in [0.3, 0.4) is 0 Å². The summed E-state index contributed by atoms with van der Waals surface area (Å²) in [4.78, 5) is 15.3. The number of carbonyl (C=O) groups is 1. The van der Waals surface area contributed by atoms with Gasteiger partial charge >= 0.3 is 0 Å². The summed E-state index contributed by atoms with van der Waals surface area (Å²) in [6.45, 7) is 0.657. The van der Waals surface area contributed by atoms with Crippen LogP contribution in [0.1, 0.15) is 15.9 Å². The molecule has 1 atom stereocenters. The maximum atomic E-state index is 13.2. The molecule has 0 N–H and O–H groups in total. The molecule has 0 aliphatic rings. The minimum atomic E-state index is -0.171. The Labute approximate surface area is 167 Å². The number of Topliss-reactive ketones (excluding diaryl/α,β-unsaturated/α-hetero) is 1. The molecule has 0 aliphatic heterocycles. The van der Waals surface area contributed by atoms with Crippen LogP contribution in [0.2, 0.25) is 0 Å². The fourth-order valence-electron chi connectivity index (χ4n) is 3.04. The van der Waals surface area contributed by atoms with Crippen molar-refractivity contribution in [3.05, 3.63) is 53.6 Å². The monoisotopic (exact) mass is 393 g/mol. The van der Waals surface area contributed by atoms with Crippen molar-refractivity contribution in [2.75, 3.05) is 42.0 Å². The SMILES string of the molecule is COc1cc(C(=O)[C@@H](Cc2ccccc2)CN(C)C)cc(OC)c1OC.Cl. The van der Waals surface area contributed by atoms with Gasteiger partial charge in [-0.1, -0.05) is 30.3 Å². The Morgan fingerprint density at radius 3 is 1.96 bits per heavy atom. The second-order valence-corrected chi connectivity index (χ2v) is 6.43. The van der Waals surface area contributed by atoms with E-state index in [4.69, 9.17) is 14.2 Å². The van der Waals surface area contributed by atoms with E-state index in [0.717, 1.165) is 5.56 Å². The maximum Gasteiger partial charge on any atom is 0.203 e. The van der Waals surface area contributed by atoms with E-state index in [1.165, 1.54) is 0 Å². The number of rotatable bonds is 9. The Kier molecular flexibility index (Phi) is 9.12. The summed E-state index contributed by atoms with van der Waals surface area (Å²) in [5.74, 6) is 1.34. The molecule has 0 spiro atoms. The third-order valence-electron chi connectivity index (χ3n) is 4.23. The number of hydrogen-bond donors (Lipinski definition) is 0. The quantitative estimate of drug-likeness (QED) is 0.607. The summed E-state index contributed by atoms with van der Waals surface area (Å²) >= 11 is 0. The number of ether oxygens (including phenoxy) is 3. The molecule has 0 aromatic heterocycles. The van der Waals surface area contributed by atoms with Crippen LogP contribution >= 0.6 is 12.4 Å². The summed E-state index contributed by atoms with van der Waals surface area (Å²) in [6, 6.07) is 13.5. The molecule has 0 bridgehead atoms. The number of benzene rings is 2. The van der Waals surface area contributed by atoms with E-state index in [1.54, 1.807) is 33.5 Å². The topological polar surface area (TPSA) is 48.0 Å². The predicted molar refractivity (Wildman–Crippen MR) is 110 cm³/mol. The molecule has 0 amide bonds. The van der Waals surface area contributed by atoms with Gasteiger partial charge in [0.15, 0.2) is 17.3 Å². The molecule has 2 aromatic carbocycles. The lowest BCUT2D eigenvalue weighted by molar-refractivity contribution is 0.0896. The Morgan fingerprint density at radius 2 is 1.52 bits per heavy atom. The predicted octanol–water partition coefficient (Wildman–Crippen LogP) is 3.74. The lowest BCUT2D eigenvalue weighted by Crippen LogP contribution is -2.29. The van der Waals surface area contributed by atoms with Crippen molar-refractivity contribution in [2.24, 2.45) is 5.92 Å². The third-order valence-corrected chi connectivity index (χ3v) is 4.23. The van der Waals surface area contributed by atoms with Crippen LogP contribution in [0, 0.1) is 5.92 Å². The Bertz CT molecular complexity index is 709. The van der Waals surface area contributed by atoms with E-state index in [1.807, 2.05) is 49.3 Å². The van der Waals surface area contributed by atoms with E-state index in [-0.39, 0.29) is 24.1 Å². The molecule has 0 saturated carbocycles. The molecule has 2 aromatic rings. The average Bonchev–Trinajstić information content (AvgIpc) is 2.66. The highest BCUT2D eigenvalue weighted by Gasteiger charge is 2.24. The second-order valence-electron chi connectivity index (χ2n) is 6.43. The van der Waals surface area contributed by atoms with Crippen molar-refractivity contribution in [3.8, 4) is 17.2 Å². The van der Waals surface area contributed by atoms with E-state index in [2.05, 4.69) is 0 Å². The summed E-state index contributed by atoms with van der Waals surface area (Å²) in [7, 11) is 8.59. The minimum absolute atomic E-state index is 0. The Hall–Kier alpha value is -2.24. The lowest BCUT2D eigenvalue weighted by atomic mass is 9.90. The van der Waals surface area contributed by atoms with Crippen molar-refractivity contribution >= 4 is 18.2 Å². The first kappa shape index (κ1) is 22.8. The number of hydrogen-bond acceptors (Lipinski definition) is 5. The van der Waals surface area contributed by atoms with E-state index >= 15 is 0 Å². The molecule has 5 nitrogen and oxygen atoms in total. The largest absolute Gasteiger partial charge is 0.493 e. The summed E-state index contributed by atoms with van der Waals surface area (Å²) < 4.78 is 16.1. The molecule has 0 heterocycles. The smallest absolute Gasteiger partial charge is 0.203 e. The maximum absolute atomic E-state index is 13.2. The van der Waals surface area contributed by atoms with Crippen LogP contribution in [0.15, 0.2) is 42.5 Å². The van der Waals surface area contributed by atoms with Crippen LogP contribution in [0.5, 0.6) is 17.2 Å². The number of ketones is 1. The molecule has 0 saturated heterocycles. The van der Waals surface area contributed by atoms with Gasteiger partial charge in [0.05, 0.1) is 21.3 Å². The molecular weight excluding hydrogens is 366 g/mol. The Morgan fingerprint density at radius 1 is 0.963 bits per heavy atom. The Balaban J connectivity index is 0.00000364. The highest BCUT2D eigenvalue weighted by molar-refractivity contribution is 5.99. The molecule has 2 rings (SSSR count). The van der Waals surface area contributed by atoms with Crippen LogP contribution < -0.4 is 14.2 Å². The van der Waals surface area contributed by atoms with Crippen molar-refractivity contribution in [3.63, 3.8) is 0 Å². The van der Waals surface area contributed by atoms with Crippen molar-refractivity contribution in [1.29, 1.82) is 0 Å². The van der Waals surface area contributed by atoms with Gasteiger partial charge in [-0.25, -0.2) is 0 Å². The zero-order valence-corrected chi connectivity index (χ0v) is 17.3. The summed E-state index contributed by atoms with van der Waals surface area (Å²) in [5.41, 5.74) is 1.70. The molecular formula is C21H28ClNO4. The van der Waals surface area contributed by atoms with Crippen molar-refractivity contribution < 1.29 is 19.0 Å². The van der Waals surface area contributed by atoms with Crippen LogP contribution in [-0.2, 0) is 6.42 Å². The highest BCUT2D eigenvalue weighted by Crippen LogP contribution is 2.38. The molecule has 0 unspecified atom stereocenters. The molecule has 6 heteroatoms. The van der Waals surface area contributed by atoms with Gasteiger partial charge in [0.1, 0.15) is 0 Å². The van der Waals surface area contributed by atoms with Gasteiger partial charge in [0.25, 0.3) is 0 Å².